The summed E-state index contributed by atoms with van der Waals surface area (Å²) in [4.78, 5) is 23.4. The largest absolute Gasteiger partial charge is 0.490 e. The number of ether oxygens (including phenoxy) is 1. The topological polar surface area (TPSA) is 98.8 Å². The average Bonchev–Trinajstić information content (AvgIpc) is 2.69. The zero-order valence-electron chi connectivity index (χ0n) is 14.3. The van der Waals surface area contributed by atoms with E-state index in [0.29, 0.717) is 11.4 Å². The van der Waals surface area contributed by atoms with Crippen LogP contribution in [0, 0.1) is 20.2 Å². The summed E-state index contributed by atoms with van der Waals surface area (Å²) in [5.41, 5.74) is 0.0198. The van der Waals surface area contributed by atoms with Crippen LogP contribution in [0.5, 0.6) is 5.75 Å². The van der Waals surface area contributed by atoms with E-state index >= 15 is 0 Å². The van der Waals surface area contributed by atoms with Crippen LogP contribution in [0.2, 0.25) is 0 Å². The van der Waals surface area contributed by atoms with Gasteiger partial charge in [-0.3, -0.25) is 20.2 Å². The molecule has 0 amide bonds. The predicted molar refractivity (Wildman–Crippen MR) is 101 cm³/mol. The second-order valence-corrected chi connectivity index (χ2v) is 5.50. The van der Waals surface area contributed by atoms with Gasteiger partial charge < -0.3 is 9.64 Å². The van der Waals surface area contributed by atoms with E-state index in [4.69, 9.17) is 4.74 Å². The molecule has 3 rings (SSSR count). The molecule has 3 aromatic carbocycles. The maximum atomic E-state index is 11.8. The van der Waals surface area contributed by atoms with Crippen molar-refractivity contribution in [1.29, 1.82) is 0 Å². The molecule has 8 nitrogen and oxygen atoms in total. The summed E-state index contributed by atoms with van der Waals surface area (Å²) >= 11 is 0. The summed E-state index contributed by atoms with van der Waals surface area (Å²) in [6.07, 6.45) is 0. The van der Waals surface area contributed by atoms with E-state index < -0.39 is 21.2 Å². The Bertz CT molecular complexity index is 938. The van der Waals surface area contributed by atoms with Gasteiger partial charge in [0.05, 0.1) is 17.0 Å². The molecule has 3 aromatic rings. The van der Waals surface area contributed by atoms with Crippen molar-refractivity contribution in [1.82, 2.24) is 0 Å². The van der Waals surface area contributed by atoms with Crippen LogP contribution in [0.25, 0.3) is 0 Å². The van der Waals surface area contributed by atoms with Gasteiger partial charge >= 0.3 is 11.4 Å². The molecule has 0 aliphatic heterocycles. The van der Waals surface area contributed by atoms with Crippen molar-refractivity contribution in [3.05, 3.63) is 93.0 Å². The Morgan fingerprint density at radius 2 is 1.22 bits per heavy atom. The lowest BCUT2D eigenvalue weighted by molar-refractivity contribution is -0.422. The fraction of sp³-hybridized carbons (Fsp3) is 0.0526. The molecule has 8 heteroatoms. The summed E-state index contributed by atoms with van der Waals surface area (Å²) in [5, 5.41) is 23.4. The molecule has 27 heavy (non-hydrogen) atoms. The third kappa shape index (κ3) is 3.40. The van der Waals surface area contributed by atoms with Gasteiger partial charge in [-0.15, -0.1) is 0 Å². The van der Waals surface area contributed by atoms with Crippen molar-refractivity contribution in [2.24, 2.45) is 0 Å². The van der Waals surface area contributed by atoms with Gasteiger partial charge in [0.25, 0.3) is 0 Å². The number of nitro groups is 2. The maximum Gasteiger partial charge on any atom is 0.389 e. The monoisotopic (exact) mass is 365 g/mol. The van der Waals surface area contributed by atoms with Crippen LogP contribution < -0.4 is 9.64 Å². The Balaban J connectivity index is 2.35. The summed E-state index contributed by atoms with van der Waals surface area (Å²) in [6.45, 7) is 0. The minimum atomic E-state index is -0.797. The number of hydrogen-bond donors (Lipinski definition) is 0. The highest BCUT2D eigenvalue weighted by molar-refractivity contribution is 5.87. The first-order chi connectivity index (χ1) is 13.0. The van der Waals surface area contributed by atoms with Crippen LogP contribution in [-0.2, 0) is 0 Å². The highest BCUT2D eigenvalue weighted by Crippen LogP contribution is 2.47. The van der Waals surface area contributed by atoms with E-state index in [1.54, 1.807) is 53.4 Å². The molecule has 0 radical (unpaired) electrons. The molecule has 0 atom stereocenters. The number of rotatable bonds is 6. The number of benzene rings is 3. The number of methoxy groups -OCH3 is 1. The number of hydrogen-bond acceptors (Lipinski definition) is 6. The molecular weight excluding hydrogens is 350 g/mol. The van der Waals surface area contributed by atoms with Gasteiger partial charge in [-0.2, -0.15) is 0 Å². The normalized spacial score (nSPS) is 10.3. The van der Waals surface area contributed by atoms with Crippen molar-refractivity contribution in [3.8, 4) is 5.75 Å². The standard InChI is InChI=1S/C19H15N3O5/c1-27-17-13-12-16(18(21(23)24)19(17)22(25)26)20(14-8-4-2-5-9-14)15-10-6-3-7-11-15/h2-13H,1H3. The van der Waals surface area contributed by atoms with E-state index in [0.717, 1.165) is 0 Å². The SMILES string of the molecule is COc1ccc(N(c2ccccc2)c2ccccc2)c([N+](=O)[O-])c1[N+](=O)[O-]. The van der Waals surface area contributed by atoms with Crippen LogP contribution in [0.4, 0.5) is 28.4 Å². The molecule has 0 heterocycles. The fourth-order valence-electron chi connectivity index (χ4n) is 2.83. The summed E-state index contributed by atoms with van der Waals surface area (Å²) < 4.78 is 4.98. The molecule has 0 aliphatic carbocycles. The number of nitrogens with zero attached hydrogens (tertiary/aromatic N) is 3. The van der Waals surface area contributed by atoms with Gasteiger partial charge in [0, 0.05) is 11.4 Å². The van der Waals surface area contributed by atoms with Gasteiger partial charge in [-0.05, 0) is 36.4 Å². The summed E-state index contributed by atoms with van der Waals surface area (Å²) in [7, 11) is 1.23. The first-order valence-corrected chi connectivity index (χ1v) is 7.94. The molecule has 0 unspecified atom stereocenters. The summed E-state index contributed by atoms with van der Waals surface area (Å²) in [5.74, 6) is -0.170. The fourth-order valence-corrected chi connectivity index (χ4v) is 2.83. The Labute approximate surface area is 154 Å². The lowest BCUT2D eigenvalue weighted by Gasteiger charge is -2.25. The number of para-hydroxylation sites is 2. The van der Waals surface area contributed by atoms with Crippen molar-refractivity contribution < 1.29 is 14.6 Å². The highest BCUT2D eigenvalue weighted by Gasteiger charge is 2.36. The second-order valence-electron chi connectivity index (χ2n) is 5.50. The van der Waals surface area contributed by atoms with Crippen LogP contribution in [-0.4, -0.2) is 17.0 Å². The Morgan fingerprint density at radius 3 is 1.63 bits per heavy atom. The van der Waals surface area contributed by atoms with Crippen molar-refractivity contribution in [2.45, 2.75) is 0 Å². The van der Waals surface area contributed by atoms with Gasteiger partial charge in [0.2, 0.25) is 5.75 Å². The molecule has 0 saturated heterocycles. The minimum absolute atomic E-state index is 0.0740. The molecule has 0 aliphatic rings. The van der Waals surface area contributed by atoms with Crippen molar-refractivity contribution in [3.63, 3.8) is 0 Å². The van der Waals surface area contributed by atoms with Gasteiger partial charge in [-0.25, -0.2) is 0 Å². The highest BCUT2D eigenvalue weighted by atomic mass is 16.6. The third-order valence-electron chi connectivity index (χ3n) is 3.95. The Kier molecular flexibility index (Phi) is 4.98. The van der Waals surface area contributed by atoms with E-state index in [2.05, 4.69) is 0 Å². The predicted octanol–water partition coefficient (Wildman–Crippen LogP) is 4.98. The zero-order chi connectivity index (χ0) is 19.4. The lowest BCUT2D eigenvalue weighted by atomic mass is 10.1. The van der Waals surface area contributed by atoms with Gasteiger partial charge in [0.15, 0.2) is 0 Å². The second kappa shape index (κ2) is 7.52. The minimum Gasteiger partial charge on any atom is -0.490 e. The van der Waals surface area contributed by atoms with Crippen LogP contribution in [0.1, 0.15) is 0 Å². The van der Waals surface area contributed by atoms with Crippen molar-refractivity contribution in [2.75, 3.05) is 12.0 Å². The zero-order valence-corrected chi connectivity index (χ0v) is 14.3. The molecule has 0 N–H and O–H groups in total. The summed E-state index contributed by atoms with van der Waals surface area (Å²) in [6, 6.07) is 20.7. The van der Waals surface area contributed by atoms with E-state index in [9.17, 15) is 20.2 Å². The van der Waals surface area contributed by atoms with Crippen LogP contribution >= 0.6 is 0 Å². The Morgan fingerprint density at radius 1 is 0.741 bits per heavy atom. The first kappa shape index (κ1) is 17.9. The number of anilines is 3. The quantitative estimate of drug-likeness (QED) is 0.451. The van der Waals surface area contributed by atoms with Gasteiger partial charge in [0.1, 0.15) is 5.69 Å². The van der Waals surface area contributed by atoms with Crippen LogP contribution in [0.15, 0.2) is 72.8 Å². The van der Waals surface area contributed by atoms with Crippen molar-refractivity contribution >= 4 is 28.4 Å². The molecule has 0 aromatic heterocycles. The number of nitro benzene ring substituents is 2. The molecule has 0 saturated carbocycles. The molecular formula is C19H15N3O5. The molecule has 0 fully saturated rings. The van der Waals surface area contributed by atoms with E-state index in [1.807, 2.05) is 12.1 Å². The smallest absolute Gasteiger partial charge is 0.389 e. The Hall–Kier alpha value is -3.94. The van der Waals surface area contributed by atoms with E-state index in [1.165, 1.54) is 19.2 Å². The van der Waals surface area contributed by atoms with Gasteiger partial charge in [-0.1, -0.05) is 36.4 Å². The average molecular weight is 365 g/mol. The molecule has 0 bridgehead atoms. The first-order valence-electron chi connectivity index (χ1n) is 7.94. The molecule has 136 valence electrons. The molecule has 0 spiro atoms. The van der Waals surface area contributed by atoms with Crippen LogP contribution in [0.3, 0.4) is 0 Å². The lowest BCUT2D eigenvalue weighted by Crippen LogP contribution is -2.13. The van der Waals surface area contributed by atoms with E-state index in [-0.39, 0.29) is 11.4 Å². The third-order valence-corrected chi connectivity index (χ3v) is 3.95. The maximum absolute atomic E-state index is 11.8.